The lowest BCUT2D eigenvalue weighted by Crippen LogP contribution is -2.05. The molecule has 3 nitrogen and oxygen atoms in total. The first-order chi connectivity index (χ1) is 10.1. The first-order valence-corrected chi connectivity index (χ1v) is 7.57. The zero-order valence-electron chi connectivity index (χ0n) is 12.4. The molecule has 2 aromatic carbocycles. The maximum atomic E-state index is 12.3. The number of carbonyl (C=O) groups excluding carboxylic acids is 1. The van der Waals surface area contributed by atoms with Gasteiger partial charge >= 0.3 is 0 Å². The average molecular weight is 302 g/mol. The highest BCUT2D eigenvalue weighted by Gasteiger charge is 2.12. The van der Waals surface area contributed by atoms with Crippen molar-refractivity contribution in [2.24, 2.45) is 0 Å². The Morgan fingerprint density at radius 3 is 2.62 bits per heavy atom. The predicted octanol–water partition coefficient (Wildman–Crippen LogP) is 3.99. The molecule has 0 fully saturated rings. The third kappa shape index (κ3) is 4.02. The Labute approximate surface area is 129 Å². The van der Waals surface area contributed by atoms with Crippen LogP contribution in [0.25, 0.3) is 0 Å². The lowest BCUT2D eigenvalue weighted by atomic mass is 10.1. The number of hydrogen-bond donors (Lipinski definition) is 0. The van der Waals surface area contributed by atoms with Crippen molar-refractivity contribution in [1.29, 1.82) is 0 Å². The maximum absolute atomic E-state index is 12.3. The van der Waals surface area contributed by atoms with Crippen molar-refractivity contribution in [3.63, 3.8) is 0 Å². The van der Waals surface area contributed by atoms with Gasteiger partial charge in [0.15, 0.2) is 5.78 Å². The van der Waals surface area contributed by atoms with Crippen LogP contribution in [0.15, 0.2) is 47.4 Å². The molecular formula is C17H18O3S. The van der Waals surface area contributed by atoms with E-state index in [0.29, 0.717) is 17.1 Å². The highest BCUT2D eigenvalue weighted by atomic mass is 32.2. The Hall–Kier alpha value is -1.94. The molecule has 110 valence electrons. The van der Waals surface area contributed by atoms with Crippen molar-refractivity contribution in [2.75, 3.05) is 20.0 Å². The standard InChI is InChI=1S/C17H18O3S/c1-12-7-8-15(17(9-12)20-3)16(18)11-21-14-6-4-5-13(10-14)19-2/h4-10H,11H2,1-3H3. The summed E-state index contributed by atoms with van der Waals surface area (Å²) >= 11 is 1.49. The number of aryl methyl sites for hydroxylation is 1. The van der Waals surface area contributed by atoms with Crippen LogP contribution in [0.5, 0.6) is 11.5 Å². The lowest BCUT2D eigenvalue weighted by molar-refractivity contribution is 0.101. The van der Waals surface area contributed by atoms with E-state index in [1.54, 1.807) is 14.2 Å². The van der Waals surface area contributed by atoms with Gasteiger partial charge in [-0.2, -0.15) is 0 Å². The molecule has 0 aromatic heterocycles. The summed E-state index contributed by atoms with van der Waals surface area (Å²) in [6.07, 6.45) is 0. The van der Waals surface area contributed by atoms with E-state index in [-0.39, 0.29) is 5.78 Å². The van der Waals surface area contributed by atoms with Crippen LogP contribution in [0.3, 0.4) is 0 Å². The summed E-state index contributed by atoms with van der Waals surface area (Å²) in [5.41, 5.74) is 1.70. The number of hydrogen-bond acceptors (Lipinski definition) is 4. The molecule has 0 aliphatic heterocycles. The molecule has 0 heterocycles. The van der Waals surface area contributed by atoms with Gasteiger partial charge in [-0.1, -0.05) is 12.1 Å². The Bertz CT molecular complexity index is 638. The van der Waals surface area contributed by atoms with Crippen LogP contribution in [0.4, 0.5) is 0 Å². The van der Waals surface area contributed by atoms with Gasteiger partial charge in [-0.05, 0) is 42.8 Å². The Morgan fingerprint density at radius 1 is 1.10 bits per heavy atom. The van der Waals surface area contributed by atoms with Gasteiger partial charge in [0, 0.05) is 4.90 Å². The molecule has 4 heteroatoms. The van der Waals surface area contributed by atoms with Crippen molar-refractivity contribution in [3.8, 4) is 11.5 Å². The molecule has 0 radical (unpaired) electrons. The van der Waals surface area contributed by atoms with Gasteiger partial charge in [-0.3, -0.25) is 4.79 Å². The quantitative estimate of drug-likeness (QED) is 0.597. The third-order valence-corrected chi connectivity index (χ3v) is 4.06. The second kappa shape index (κ2) is 7.18. The monoisotopic (exact) mass is 302 g/mol. The van der Waals surface area contributed by atoms with E-state index in [2.05, 4.69) is 0 Å². The van der Waals surface area contributed by atoms with Crippen LogP contribution in [-0.2, 0) is 0 Å². The van der Waals surface area contributed by atoms with Gasteiger partial charge in [0.05, 0.1) is 25.5 Å². The van der Waals surface area contributed by atoms with Crippen LogP contribution in [-0.4, -0.2) is 25.8 Å². The molecule has 0 amide bonds. The first kappa shape index (κ1) is 15.4. The van der Waals surface area contributed by atoms with E-state index < -0.39 is 0 Å². The van der Waals surface area contributed by atoms with Gasteiger partial charge in [0.2, 0.25) is 0 Å². The molecule has 0 bridgehead atoms. The minimum atomic E-state index is 0.0552. The minimum Gasteiger partial charge on any atom is -0.497 e. The Kier molecular flexibility index (Phi) is 5.28. The third-order valence-electron chi connectivity index (χ3n) is 3.07. The van der Waals surface area contributed by atoms with E-state index in [9.17, 15) is 4.79 Å². The summed E-state index contributed by atoms with van der Waals surface area (Å²) in [5.74, 6) is 1.85. The average Bonchev–Trinajstić information content (AvgIpc) is 2.52. The van der Waals surface area contributed by atoms with Crippen LogP contribution >= 0.6 is 11.8 Å². The van der Waals surface area contributed by atoms with Crippen LogP contribution in [0, 0.1) is 6.92 Å². The van der Waals surface area contributed by atoms with Crippen molar-refractivity contribution < 1.29 is 14.3 Å². The number of ether oxygens (including phenoxy) is 2. The van der Waals surface area contributed by atoms with Gasteiger partial charge in [-0.25, -0.2) is 0 Å². The maximum Gasteiger partial charge on any atom is 0.176 e. The summed E-state index contributed by atoms with van der Waals surface area (Å²) < 4.78 is 10.5. The molecule has 0 atom stereocenters. The summed E-state index contributed by atoms with van der Waals surface area (Å²) in [7, 11) is 3.22. The summed E-state index contributed by atoms with van der Waals surface area (Å²) in [6.45, 7) is 1.97. The van der Waals surface area contributed by atoms with Gasteiger partial charge < -0.3 is 9.47 Å². The number of methoxy groups -OCH3 is 2. The highest BCUT2D eigenvalue weighted by molar-refractivity contribution is 8.00. The Morgan fingerprint density at radius 2 is 1.90 bits per heavy atom. The van der Waals surface area contributed by atoms with Gasteiger partial charge in [-0.15, -0.1) is 11.8 Å². The van der Waals surface area contributed by atoms with E-state index in [4.69, 9.17) is 9.47 Å². The summed E-state index contributed by atoms with van der Waals surface area (Å²) in [5, 5.41) is 0. The van der Waals surface area contributed by atoms with Gasteiger partial charge in [0.1, 0.15) is 11.5 Å². The van der Waals surface area contributed by atoms with Crippen molar-refractivity contribution in [1.82, 2.24) is 0 Å². The highest BCUT2D eigenvalue weighted by Crippen LogP contribution is 2.26. The molecule has 0 aliphatic carbocycles. The summed E-state index contributed by atoms with van der Waals surface area (Å²) in [4.78, 5) is 13.3. The molecule has 0 unspecified atom stereocenters. The second-order valence-electron chi connectivity index (χ2n) is 4.59. The van der Waals surface area contributed by atoms with Crippen molar-refractivity contribution >= 4 is 17.5 Å². The molecular weight excluding hydrogens is 284 g/mol. The smallest absolute Gasteiger partial charge is 0.176 e. The Balaban J connectivity index is 2.08. The molecule has 0 spiro atoms. The largest absolute Gasteiger partial charge is 0.497 e. The topological polar surface area (TPSA) is 35.5 Å². The van der Waals surface area contributed by atoms with Crippen LogP contribution in [0.1, 0.15) is 15.9 Å². The molecule has 0 aliphatic rings. The summed E-state index contributed by atoms with van der Waals surface area (Å²) in [6, 6.07) is 13.3. The number of ketones is 1. The second-order valence-corrected chi connectivity index (χ2v) is 5.64. The fourth-order valence-corrected chi connectivity index (χ4v) is 2.77. The number of thioether (sulfide) groups is 1. The molecule has 0 saturated carbocycles. The number of carbonyl (C=O) groups is 1. The number of rotatable bonds is 6. The first-order valence-electron chi connectivity index (χ1n) is 6.58. The molecule has 2 rings (SSSR count). The zero-order valence-corrected chi connectivity index (χ0v) is 13.2. The minimum absolute atomic E-state index is 0.0552. The van der Waals surface area contributed by atoms with Crippen molar-refractivity contribution in [3.05, 3.63) is 53.6 Å². The molecule has 0 N–H and O–H groups in total. The lowest BCUT2D eigenvalue weighted by Gasteiger charge is -2.09. The van der Waals surface area contributed by atoms with E-state index >= 15 is 0 Å². The SMILES string of the molecule is COc1cccc(SCC(=O)c2ccc(C)cc2OC)c1. The fraction of sp³-hybridized carbons (Fsp3) is 0.235. The van der Waals surface area contributed by atoms with Crippen LogP contribution < -0.4 is 9.47 Å². The number of Topliss-reactive ketones (excluding diaryl/α,β-unsaturated/α-hetero) is 1. The van der Waals surface area contributed by atoms with Crippen LogP contribution in [0.2, 0.25) is 0 Å². The van der Waals surface area contributed by atoms with Crippen molar-refractivity contribution in [2.45, 2.75) is 11.8 Å². The predicted molar refractivity (Wildman–Crippen MR) is 85.8 cm³/mol. The normalized spacial score (nSPS) is 10.2. The molecule has 0 saturated heterocycles. The molecule has 2 aromatic rings. The van der Waals surface area contributed by atoms with Gasteiger partial charge in [0.25, 0.3) is 0 Å². The molecule has 21 heavy (non-hydrogen) atoms. The van der Waals surface area contributed by atoms with E-state index in [0.717, 1.165) is 16.2 Å². The fourth-order valence-electron chi connectivity index (χ4n) is 1.95. The zero-order chi connectivity index (χ0) is 15.2. The number of benzene rings is 2. The van der Waals surface area contributed by atoms with E-state index in [1.807, 2.05) is 49.4 Å². The van der Waals surface area contributed by atoms with E-state index in [1.165, 1.54) is 11.8 Å².